The molecule has 2 rings (SSSR count). The Kier molecular flexibility index (Phi) is 13.6. The summed E-state index contributed by atoms with van der Waals surface area (Å²) in [6, 6.07) is 9.00. The van der Waals surface area contributed by atoms with Crippen molar-refractivity contribution in [2.75, 3.05) is 0 Å². The first-order valence-corrected chi connectivity index (χ1v) is 9.63. The van der Waals surface area contributed by atoms with Crippen molar-refractivity contribution in [2.45, 2.75) is 92.1 Å². The number of hydrogen-bond donors (Lipinski definition) is 0. The molecular weight excluding hydrogens is 280 g/mol. The lowest BCUT2D eigenvalue weighted by atomic mass is 9.86. The predicted octanol–water partition coefficient (Wildman–Crippen LogP) is 7.62. The van der Waals surface area contributed by atoms with Gasteiger partial charge in [0.15, 0.2) is 0 Å². The number of ether oxygens (including phenoxy) is 1. The Morgan fingerprint density at radius 2 is 1.39 bits per heavy atom. The van der Waals surface area contributed by atoms with E-state index in [1.807, 2.05) is 34.6 Å². The molecule has 0 aromatic heterocycles. The molecule has 0 spiro atoms. The van der Waals surface area contributed by atoms with E-state index in [2.05, 4.69) is 30.8 Å². The normalized spacial score (nSPS) is 15.0. The van der Waals surface area contributed by atoms with Crippen LogP contribution in [0.4, 0.5) is 0 Å². The van der Waals surface area contributed by atoms with E-state index in [9.17, 15) is 0 Å². The Morgan fingerprint density at radius 1 is 0.913 bits per heavy atom. The molecule has 0 amide bonds. The monoisotopic (exact) mass is 318 g/mol. The Balaban J connectivity index is 0.00000112. The Hall–Kier alpha value is -1.24. The third kappa shape index (κ3) is 9.48. The van der Waals surface area contributed by atoms with Crippen LogP contribution in [0.2, 0.25) is 0 Å². The lowest BCUT2D eigenvalue weighted by molar-refractivity contribution is 0.202. The van der Waals surface area contributed by atoms with Gasteiger partial charge in [-0.1, -0.05) is 90.6 Å². The minimum Gasteiger partial charge on any atom is -0.494 e. The summed E-state index contributed by atoms with van der Waals surface area (Å²) in [7, 11) is 0. The van der Waals surface area contributed by atoms with Gasteiger partial charge in [0.1, 0.15) is 6.61 Å². The maximum atomic E-state index is 5.46. The van der Waals surface area contributed by atoms with Gasteiger partial charge in [0.2, 0.25) is 0 Å². The summed E-state index contributed by atoms with van der Waals surface area (Å²) in [5, 5.41) is 0. The Labute approximate surface area is 145 Å². The topological polar surface area (TPSA) is 9.23 Å². The number of allylic oxidation sites excluding steroid dienone is 1. The van der Waals surface area contributed by atoms with Crippen LogP contribution >= 0.6 is 0 Å². The molecule has 1 aliphatic rings. The first-order chi connectivity index (χ1) is 11.3. The zero-order valence-corrected chi connectivity index (χ0v) is 16.2. The smallest absolute Gasteiger partial charge is 0.113 e. The highest BCUT2D eigenvalue weighted by atomic mass is 16.5. The molecular formula is C22H38O. The fourth-order valence-electron chi connectivity index (χ4n) is 2.88. The molecule has 1 aliphatic carbocycles. The molecule has 0 N–H and O–H groups in total. The van der Waals surface area contributed by atoms with Gasteiger partial charge in [-0.25, -0.2) is 0 Å². The molecule has 0 unspecified atom stereocenters. The van der Waals surface area contributed by atoms with Crippen LogP contribution in [-0.2, 0) is 11.3 Å². The molecule has 0 atom stereocenters. The van der Waals surface area contributed by atoms with Crippen molar-refractivity contribution in [1.82, 2.24) is 0 Å². The largest absolute Gasteiger partial charge is 0.494 e. The molecule has 1 aromatic carbocycles. The van der Waals surface area contributed by atoms with E-state index in [0.29, 0.717) is 6.61 Å². The fourth-order valence-corrected chi connectivity index (χ4v) is 2.88. The van der Waals surface area contributed by atoms with Crippen LogP contribution in [0.1, 0.15) is 96.6 Å². The Morgan fingerprint density at radius 3 is 1.87 bits per heavy atom. The highest BCUT2D eigenvalue weighted by Crippen LogP contribution is 2.30. The fraction of sp³-hybridized carbons (Fsp3) is 0.636. The molecule has 1 heteroatoms. The second kappa shape index (κ2) is 14.4. The van der Waals surface area contributed by atoms with Crippen LogP contribution < -0.4 is 0 Å². The van der Waals surface area contributed by atoms with Crippen LogP contribution in [-0.4, -0.2) is 0 Å². The van der Waals surface area contributed by atoms with Gasteiger partial charge >= 0.3 is 0 Å². The first-order valence-electron chi connectivity index (χ1n) is 9.63. The van der Waals surface area contributed by atoms with Crippen molar-refractivity contribution in [2.24, 2.45) is 0 Å². The molecule has 132 valence electrons. The average molecular weight is 319 g/mol. The molecule has 1 saturated carbocycles. The van der Waals surface area contributed by atoms with Crippen molar-refractivity contribution in [3.63, 3.8) is 0 Å². The summed E-state index contributed by atoms with van der Waals surface area (Å²) in [5.74, 6) is 1.56. The van der Waals surface area contributed by atoms with E-state index in [1.54, 1.807) is 0 Å². The van der Waals surface area contributed by atoms with Gasteiger partial charge in [0.05, 0.1) is 5.76 Å². The van der Waals surface area contributed by atoms with E-state index in [1.165, 1.54) is 56.1 Å². The molecule has 1 aromatic rings. The molecule has 0 aliphatic heterocycles. The summed E-state index contributed by atoms with van der Waals surface area (Å²) >= 11 is 0. The second-order valence-electron chi connectivity index (χ2n) is 5.77. The lowest BCUT2D eigenvalue weighted by Crippen LogP contribution is -2.02. The minimum absolute atomic E-state index is 0.639. The van der Waals surface area contributed by atoms with Gasteiger partial charge in [-0.15, -0.1) is 0 Å². The molecule has 0 bridgehead atoms. The van der Waals surface area contributed by atoms with Crippen LogP contribution in [0, 0.1) is 0 Å². The molecule has 0 radical (unpaired) electrons. The van der Waals surface area contributed by atoms with E-state index < -0.39 is 0 Å². The van der Waals surface area contributed by atoms with Crippen molar-refractivity contribution in [3.05, 3.63) is 47.7 Å². The van der Waals surface area contributed by atoms with Crippen molar-refractivity contribution in [1.29, 1.82) is 0 Å². The van der Waals surface area contributed by atoms with Crippen LogP contribution in [0.25, 0.3) is 0 Å². The summed E-state index contributed by atoms with van der Waals surface area (Å²) < 4.78 is 5.46. The maximum absolute atomic E-state index is 5.46. The van der Waals surface area contributed by atoms with Gasteiger partial charge < -0.3 is 4.74 Å². The van der Waals surface area contributed by atoms with E-state index in [4.69, 9.17) is 4.74 Å². The number of rotatable bonds is 4. The van der Waals surface area contributed by atoms with Gasteiger partial charge in [0.25, 0.3) is 0 Å². The third-order valence-electron chi connectivity index (χ3n) is 4.04. The van der Waals surface area contributed by atoms with Crippen molar-refractivity contribution in [3.8, 4) is 0 Å². The van der Waals surface area contributed by atoms with Gasteiger partial charge in [0, 0.05) is 0 Å². The predicted molar refractivity (Wildman–Crippen MR) is 104 cm³/mol. The average Bonchev–Trinajstić information content (AvgIpc) is 2.57. The van der Waals surface area contributed by atoms with E-state index in [-0.39, 0.29) is 0 Å². The molecule has 0 heterocycles. The minimum atomic E-state index is 0.639. The van der Waals surface area contributed by atoms with Gasteiger partial charge in [-0.05, 0) is 36.8 Å². The Bertz CT molecular complexity index is 383. The highest BCUT2D eigenvalue weighted by Gasteiger charge is 2.13. The SMILES string of the molecule is C=C(C)OCc1ccc(C2CCCCCCC2)cc1.CC.CC. The quantitative estimate of drug-likeness (QED) is 0.519. The van der Waals surface area contributed by atoms with E-state index in [0.717, 1.165) is 11.7 Å². The standard InChI is InChI=1S/C18H26O.2C2H6/c1-15(2)19-14-16-10-12-18(13-11-16)17-8-6-4-3-5-7-9-17;2*1-2/h10-13,17H,1,3-9,14H2,2H3;2*1-2H3. The molecule has 1 fully saturated rings. The zero-order chi connectivity index (χ0) is 17.5. The van der Waals surface area contributed by atoms with Crippen LogP contribution in [0.5, 0.6) is 0 Å². The lowest BCUT2D eigenvalue weighted by Gasteiger charge is -2.20. The number of benzene rings is 1. The second-order valence-corrected chi connectivity index (χ2v) is 5.77. The third-order valence-corrected chi connectivity index (χ3v) is 4.04. The van der Waals surface area contributed by atoms with Crippen LogP contribution in [0.3, 0.4) is 0 Å². The first kappa shape index (κ1) is 21.8. The van der Waals surface area contributed by atoms with Gasteiger partial charge in [-0.2, -0.15) is 0 Å². The van der Waals surface area contributed by atoms with E-state index >= 15 is 0 Å². The maximum Gasteiger partial charge on any atom is 0.113 e. The van der Waals surface area contributed by atoms with Crippen LogP contribution in [0.15, 0.2) is 36.6 Å². The molecule has 1 nitrogen and oxygen atoms in total. The highest BCUT2D eigenvalue weighted by molar-refractivity contribution is 5.25. The zero-order valence-electron chi connectivity index (χ0n) is 16.2. The summed E-state index contributed by atoms with van der Waals surface area (Å²) in [5.41, 5.74) is 2.75. The molecule has 0 saturated heterocycles. The summed E-state index contributed by atoms with van der Waals surface area (Å²) in [4.78, 5) is 0. The van der Waals surface area contributed by atoms with Crippen molar-refractivity contribution < 1.29 is 4.74 Å². The number of hydrogen-bond acceptors (Lipinski definition) is 1. The van der Waals surface area contributed by atoms with Crippen molar-refractivity contribution >= 4 is 0 Å². The summed E-state index contributed by atoms with van der Waals surface area (Å²) in [6.45, 7) is 14.3. The molecule has 23 heavy (non-hydrogen) atoms. The van der Waals surface area contributed by atoms with Gasteiger partial charge in [-0.3, -0.25) is 0 Å². The summed E-state index contributed by atoms with van der Waals surface area (Å²) in [6.07, 6.45) is 9.78.